The second kappa shape index (κ2) is 7.58. The number of hydrogen-bond acceptors (Lipinski definition) is 2. The maximum absolute atomic E-state index is 5.86. The van der Waals surface area contributed by atoms with Crippen molar-refractivity contribution in [2.75, 3.05) is 18.1 Å². The average molecular weight is 215 g/mol. The molecule has 0 amide bonds. The van der Waals surface area contributed by atoms with Gasteiger partial charge >= 0.3 is 0 Å². The van der Waals surface area contributed by atoms with E-state index in [0.717, 1.165) is 18.4 Å². The molecule has 0 aromatic heterocycles. The Labute approximate surface area is 93.2 Å². The molecule has 14 heavy (non-hydrogen) atoms. The summed E-state index contributed by atoms with van der Waals surface area (Å²) in [6, 6.07) is 0. The molecule has 1 aliphatic rings. The van der Waals surface area contributed by atoms with Gasteiger partial charge < -0.3 is 5.73 Å². The summed E-state index contributed by atoms with van der Waals surface area (Å²) in [5.41, 5.74) is 5.86. The van der Waals surface area contributed by atoms with Crippen LogP contribution in [0.15, 0.2) is 0 Å². The first-order chi connectivity index (χ1) is 6.88. The predicted molar refractivity (Wildman–Crippen MR) is 66.7 cm³/mol. The Balaban J connectivity index is 2.11. The highest BCUT2D eigenvalue weighted by Crippen LogP contribution is 2.33. The van der Waals surface area contributed by atoms with Crippen LogP contribution in [-0.4, -0.2) is 18.1 Å². The molecule has 0 aromatic carbocycles. The van der Waals surface area contributed by atoms with Crippen LogP contribution in [0.25, 0.3) is 0 Å². The highest BCUT2D eigenvalue weighted by molar-refractivity contribution is 7.99. The minimum atomic E-state index is 0.829. The number of thioether (sulfide) groups is 1. The second-order valence-electron chi connectivity index (χ2n) is 4.38. The Bertz CT molecular complexity index is 132. The molecule has 1 unspecified atom stereocenters. The molecule has 0 heterocycles. The average Bonchev–Trinajstić information content (AvgIpc) is 2.71. The first-order valence-electron chi connectivity index (χ1n) is 6.16. The number of hydrogen-bond donors (Lipinski definition) is 1. The van der Waals surface area contributed by atoms with E-state index in [1.54, 1.807) is 0 Å². The first kappa shape index (κ1) is 12.4. The summed E-state index contributed by atoms with van der Waals surface area (Å²) in [4.78, 5) is 0. The molecular formula is C12H25NS. The molecule has 2 heteroatoms. The fourth-order valence-electron chi connectivity index (χ4n) is 2.57. The highest BCUT2D eigenvalue weighted by Gasteiger charge is 2.23. The monoisotopic (exact) mass is 215 g/mol. The molecule has 1 fully saturated rings. The summed E-state index contributed by atoms with van der Waals surface area (Å²) in [6.45, 7) is 3.16. The quantitative estimate of drug-likeness (QED) is 0.660. The van der Waals surface area contributed by atoms with Gasteiger partial charge in [-0.3, -0.25) is 0 Å². The Hall–Kier alpha value is 0.310. The van der Waals surface area contributed by atoms with E-state index in [-0.39, 0.29) is 0 Å². The van der Waals surface area contributed by atoms with Crippen molar-refractivity contribution in [1.29, 1.82) is 0 Å². The molecule has 1 nitrogen and oxygen atoms in total. The van der Waals surface area contributed by atoms with Crippen molar-refractivity contribution in [2.24, 2.45) is 17.6 Å². The molecule has 1 rings (SSSR count). The van der Waals surface area contributed by atoms with E-state index in [0.29, 0.717) is 0 Å². The van der Waals surface area contributed by atoms with Crippen LogP contribution < -0.4 is 5.73 Å². The number of nitrogens with two attached hydrogens (primary N) is 1. The molecular weight excluding hydrogens is 190 g/mol. The zero-order valence-electron chi connectivity index (χ0n) is 9.50. The van der Waals surface area contributed by atoms with Crippen molar-refractivity contribution in [3.63, 3.8) is 0 Å². The molecule has 0 aliphatic heterocycles. The minimum Gasteiger partial charge on any atom is -0.330 e. The van der Waals surface area contributed by atoms with E-state index >= 15 is 0 Å². The molecule has 0 aromatic rings. The lowest BCUT2D eigenvalue weighted by atomic mass is 9.87. The van der Waals surface area contributed by atoms with Crippen LogP contribution in [0, 0.1) is 11.8 Å². The lowest BCUT2D eigenvalue weighted by molar-refractivity contribution is 0.325. The van der Waals surface area contributed by atoms with Gasteiger partial charge in [0.25, 0.3) is 0 Å². The van der Waals surface area contributed by atoms with Crippen LogP contribution in [0.3, 0.4) is 0 Å². The molecule has 1 atom stereocenters. The van der Waals surface area contributed by atoms with E-state index in [4.69, 9.17) is 5.73 Å². The molecule has 0 saturated heterocycles. The zero-order chi connectivity index (χ0) is 10.2. The third-order valence-corrected chi connectivity index (χ3v) is 4.42. The highest BCUT2D eigenvalue weighted by atomic mass is 32.2. The van der Waals surface area contributed by atoms with Crippen LogP contribution >= 0.6 is 11.8 Å². The van der Waals surface area contributed by atoms with Crippen LogP contribution in [0.4, 0.5) is 0 Å². The zero-order valence-corrected chi connectivity index (χ0v) is 10.3. The summed E-state index contributed by atoms with van der Waals surface area (Å²) < 4.78 is 0. The van der Waals surface area contributed by atoms with Gasteiger partial charge in [0.15, 0.2) is 0 Å². The van der Waals surface area contributed by atoms with Gasteiger partial charge in [-0.2, -0.15) is 11.8 Å². The van der Waals surface area contributed by atoms with Crippen LogP contribution in [-0.2, 0) is 0 Å². The Morgan fingerprint density at radius 2 is 2.07 bits per heavy atom. The van der Waals surface area contributed by atoms with Crippen LogP contribution in [0.2, 0.25) is 0 Å². The van der Waals surface area contributed by atoms with Gasteiger partial charge in [-0.1, -0.05) is 32.6 Å². The van der Waals surface area contributed by atoms with Crippen molar-refractivity contribution < 1.29 is 0 Å². The number of rotatable bonds is 7. The predicted octanol–water partition coefficient (Wildman–Crippen LogP) is 3.28. The SMILES string of the molecule is CCSCCCC(CN)C1CCCC1. The summed E-state index contributed by atoms with van der Waals surface area (Å²) >= 11 is 2.06. The maximum Gasteiger partial charge on any atom is -0.00462 e. The van der Waals surface area contributed by atoms with Crippen molar-refractivity contribution in [3.05, 3.63) is 0 Å². The maximum atomic E-state index is 5.86. The van der Waals surface area contributed by atoms with E-state index in [9.17, 15) is 0 Å². The smallest absolute Gasteiger partial charge is 0.00462 e. The Morgan fingerprint density at radius 3 is 2.64 bits per heavy atom. The van der Waals surface area contributed by atoms with Gasteiger partial charge in [-0.25, -0.2) is 0 Å². The van der Waals surface area contributed by atoms with E-state index < -0.39 is 0 Å². The first-order valence-corrected chi connectivity index (χ1v) is 7.31. The van der Waals surface area contributed by atoms with Gasteiger partial charge in [0.2, 0.25) is 0 Å². The Morgan fingerprint density at radius 1 is 1.36 bits per heavy atom. The molecule has 0 radical (unpaired) electrons. The fraction of sp³-hybridized carbons (Fsp3) is 1.00. The largest absolute Gasteiger partial charge is 0.330 e. The van der Waals surface area contributed by atoms with Crippen molar-refractivity contribution in [2.45, 2.75) is 45.4 Å². The van der Waals surface area contributed by atoms with Gasteiger partial charge in [-0.05, 0) is 42.7 Å². The standard InChI is InChI=1S/C12H25NS/c1-2-14-9-5-8-12(10-13)11-6-3-4-7-11/h11-12H,2-10,13H2,1H3. The summed E-state index contributed by atoms with van der Waals surface area (Å²) in [6.07, 6.45) is 8.53. The van der Waals surface area contributed by atoms with E-state index in [2.05, 4.69) is 18.7 Å². The lowest BCUT2D eigenvalue weighted by Crippen LogP contribution is -2.21. The second-order valence-corrected chi connectivity index (χ2v) is 5.77. The molecule has 1 saturated carbocycles. The summed E-state index contributed by atoms with van der Waals surface area (Å²) in [5, 5.41) is 0. The van der Waals surface area contributed by atoms with Crippen LogP contribution in [0.5, 0.6) is 0 Å². The molecule has 84 valence electrons. The fourth-order valence-corrected chi connectivity index (χ4v) is 3.23. The molecule has 2 N–H and O–H groups in total. The van der Waals surface area contributed by atoms with Crippen molar-refractivity contribution in [3.8, 4) is 0 Å². The van der Waals surface area contributed by atoms with Gasteiger partial charge in [0.05, 0.1) is 0 Å². The third-order valence-electron chi connectivity index (χ3n) is 3.44. The Kier molecular flexibility index (Phi) is 6.70. The van der Waals surface area contributed by atoms with Crippen molar-refractivity contribution in [1.82, 2.24) is 0 Å². The summed E-state index contributed by atoms with van der Waals surface area (Å²) in [5.74, 6) is 4.39. The van der Waals surface area contributed by atoms with E-state index in [1.165, 1.54) is 50.0 Å². The lowest BCUT2D eigenvalue weighted by Gasteiger charge is -2.21. The topological polar surface area (TPSA) is 26.0 Å². The van der Waals surface area contributed by atoms with Crippen molar-refractivity contribution >= 4 is 11.8 Å². The van der Waals surface area contributed by atoms with Gasteiger partial charge in [-0.15, -0.1) is 0 Å². The third kappa shape index (κ3) is 4.22. The van der Waals surface area contributed by atoms with E-state index in [1.807, 2.05) is 0 Å². The van der Waals surface area contributed by atoms with Gasteiger partial charge in [0, 0.05) is 0 Å². The molecule has 0 spiro atoms. The minimum absolute atomic E-state index is 0.829. The summed E-state index contributed by atoms with van der Waals surface area (Å²) in [7, 11) is 0. The van der Waals surface area contributed by atoms with Gasteiger partial charge in [0.1, 0.15) is 0 Å². The molecule has 1 aliphatic carbocycles. The normalized spacial score (nSPS) is 20.1. The van der Waals surface area contributed by atoms with Crippen LogP contribution in [0.1, 0.15) is 45.4 Å². The molecule has 0 bridgehead atoms.